The van der Waals surface area contributed by atoms with Gasteiger partial charge in [0.05, 0.1) is 30.2 Å². The molecular weight excluding hydrogens is 290 g/mol. The predicted molar refractivity (Wildman–Crippen MR) is 80.2 cm³/mol. The zero-order chi connectivity index (χ0) is 16.1. The van der Waals surface area contributed by atoms with Gasteiger partial charge in [0.1, 0.15) is 11.4 Å². The van der Waals surface area contributed by atoms with Crippen LogP contribution in [0.1, 0.15) is 19.8 Å². The van der Waals surface area contributed by atoms with Crippen molar-refractivity contribution in [1.29, 1.82) is 0 Å². The van der Waals surface area contributed by atoms with Crippen molar-refractivity contribution >= 4 is 17.4 Å². The first kappa shape index (κ1) is 16.0. The summed E-state index contributed by atoms with van der Waals surface area (Å²) in [5.41, 5.74) is -0.109. The summed E-state index contributed by atoms with van der Waals surface area (Å²) in [4.78, 5) is 22.5. The monoisotopic (exact) mass is 309 g/mol. The molecule has 1 aliphatic rings. The average molecular weight is 309 g/mol. The highest BCUT2D eigenvalue weighted by Gasteiger charge is 2.24. The number of benzene rings is 1. The van der Waals surface area contributed by atoms with Gasteiger partial charge in [-0.05, 0) is 31.9 Å². The van der Waals surface area contributed by atoms with E-state index in [1.807, 2.05) is 6.92 Å². The van der Waals surface area contributed by atoms with E-state index in [1.165, 1.54) is 19.2 Å². The molecule has 22 heavy (non-hydrogen) atoms. The number of nitro benzene ring substituents is 1. The van der Waals surface area contributed by atoms with E-state index in [-0.39, 0.29) is 23.5 Å². The number of nitro groups is 1. The number of carbonyl (C=O) groups is 1. The third-order valence-corrected chi connectivity index (χ3v) is 3.53. The van der Waals surface area contributed by atoms with Crippen LogP contribution in [0.15, 0.2) is 18.2 Å². The summed E-state index contributed by atoms with van der Waals surface area (Å²) in [6.45, 7) is 2.54. The minimum Gasteiger partial charge on any atom is -0.496 e. The van der Waals surface area contributed by atoms with Gasteiger partial charge in [-0.3, -0.25) is 10.1 Å². The first-order valence-corrected chi connectivity index (χ1v) is 7.03. The maximum absolute atomic E-state index is 12.0. The van der Waals surface area contributed by atoms with Crippen LogP contribution < -0.4 is 15.4 Å². The van der Waals surface area contributed by atoms with Gasteiger partial charge in [-0.1, -0.05) is 0 Å². The molecule has 1 saturated heterocycles. The van der Waals surface area contributed by atoms with Crippen molar-refractivity contribution in [3.8, 4) is 5.75 Å². The highest BCUT2D eigenvalue weighted by Crippen LogP contribution is 2.28. The lowest BCUT2D eigenvalue weighted by atomic mass is 10.1. The minimum atomic E-state index is -0.568. The molecule has 8 nitrogen and oxygen atoms in total. The normalized spacial score (nSPS) is 18.5. The van der Waals surface area contributed by atoms with Crippen LogP contribution in [0.25, 0.3) is 0 Å². The largest absolute Gasteiger partial charge is 0.496 e. The molecule has 1 aromatic carbocycles. The van der Waals surface area contributed by atoms with E-state index in [2.05, 4.69) is 10.6 Å². The molecule has 2 amide bonds. The second-order valence-corrected chi connectivity index (χ2v) is 5.08. The molecule has 0 saturated carbocycles. The average Bonchev–Trinajstić information content (AvgIpc) is 3.01. The zero-order valence-electron chi connectivity index (χ0n) is 12.5. The first-order valence-electron chi connectivity index (χ1n) is 7.03. The summed E-state index contributed by atoms with van der Waals surface area (Å²) in [5, 5.41) is 16.3. The highest BCUT2D eigenvalue weighted by atomic mass is 16.6. The van der Waals surface area contributed by atoms with Crippen molar-refractivity contribution < 1.29 is 19.2 Å². The number of hydrogen-bond donors (Lipinski definition) is 2. The Kier molecular flexibility index (Phi) is 5.16. The molecule has 0 spiro atoms. The molecule has 2 rings (SSSR count). The van der Waals surface area contributed by atoms with Gasteiger partial charge in [0.25, 0.3) is 5.69 Å². The molecule has 1 heterocycles. The van der Waals surface area contributed by atoms with E-state index >= 15 is 0 Å². The third kappa shape index (κ3) is 3.85. The number of ether oxygens (including phenoxy) is 2. The smallest absolute Gasteiger partial charge is 0.319 e. The Morgan fingerprint density at radius 1 is 1.55 bits per heavy atom. The van der Waals surface area contributed by atoms with Crippen molar-refractivity contribution in [2.24, 2.45) is 0 Å². The van der Waals surface area contributed by atoms with Gasteiger partial charge in [0.2, 0.25) is 0 Å². The van der Waals surface area contributed by atoms with E-state index in [0.29, 0.717) is 12.4 Å². The van der Waals surface area contributed by atoms with Crippen LogP contribution >= 0.6 is 0 Å². The Bertz CT molecular complexity index is 557. The van der Waals surface area contributed by atoms with Crippen molar-refractivity contribution in [1.82, 2.24) is 5.32 Å². The molecular formula is C14H19N3O5. The third-order valence-electron chi connectivity index (χ3n) is 3.53. The molecule has 2 atom stereocenters. The Morgan fingerprint density at radius 3 is 2.91 bits per heavy atom. The van der Waals surface area contributed by atoms with E-state index in [1.54, 1.807) is 6.07 Å². The van der Waals surface area contributed by atoms with E-state index in [0.717, 1.165) is 12.8 Å². The fraction of sp³-hybridized carbons (Fsp3) is 0.500. The summed E-state index contributed by atoms with van der Waals surface area (Å²) in [6.07, 6.45) is 1.85. The van der Waals surface area contributed by atoms with E-state index in [9.17, 15) is 14.9 Å². The molecule has 1 fully saturated rings. The SMILES string of the molecule is COc1ccc(NC(=O)N[C@@H](C)[C@H]2CCCO2)c([N+](=O)[O-])c1. The van der Waals surface area contributed by atoms with Crippen LogP contribution in [0.3, 0.4) is 0 Å². The molecule has 0 bridgehead atoms. The Morgan fingerprint density at radius 2 is 2.32 bits per heavy atom. The van der Waals surface area contributed by atoms with Gasteiger partial charge in [-0.25, -0.2) is 4.79 Å². The second kappa shape index (κ2) is 7.08. The number of rotatable bonds is 5. The maximum atomic E-state index is 12.0. The zero-order valence-corrected chi connectivity index (χ0v) is 12.5. The van der Waals surface area contributed by atoms with Gasteiger partial charge < -0.3 is 20.1 Å². The van der Waals surface area contributed by atoms with Crippen molar-refractivity contribution in [2.75, 3.05) is 19.0 Å². The predicted octanol–water partition coefficient (Wildman–Crippen LogP) is 2.29. The number of urea groups is 1. The molecule has 2 N–H and O–H groups in total. The van der Waals surface area contributed by atoms with Crippen molar-refractivity contribution in [3.63, 3.8) is 0 Å². The summed E-state index contributed by atoms with van der Waals surface area (Å²) in [7, 11) is 1.42. The summed E-state index contributed by atoms with van der Waals surface area (Å²) in [5.74, 6) is 0.352. The maximum Gasteiger partial charge on any atom is 0.319 e. The van der Waals surface area contributed by atoms with Crippen LogP contribution in [0.4, 0.5) is 16.2 Å². The molecule has 0 aromatic heterocycles. The number of carbonyl (C=O) groups excluding carboxylic acids is 1. The Balaban J connectivity index is 2.02. The summed E-state index contributed by atoms with van der Waals surface area (Å²) >= 11 is 0. The molecule has 1 aromatic rings. The number of methoxy groups -OCH3 is 1. The van der Waals surface area contributed by atoms with Crippen molar-refractivity contribution in [3.05, 3.63) is 28.3 Å². The Hall–Kier alpha value is -2.35. The van der Waals surface area contributed by atoms with Crippen LogP contribution in [-0.2, 0) is 4.74 Å². The van der Waals surface area contributed by atoms with Crippen LogP contribution in [0, 0.1) is 10.1 Å². The summed E-state index contributed by atoms with van der Waals surface area (Å²) < 4.78 is 10.4. The van der Waals surface area contributed by atoms with Gasteiger partial charge in [-0.15, -0.1) is 0 Å². The van der Waals surface area contributed by atoms with Gasteiger partial charge in [-0.2, -0.15) is 0 Å². The fourth-order valence-corrected chi connectivity index (χ4v) is 2.35. The van der Waals surface area contributed by atoms with Gasteiger partial charge >= 0.3 is 6.03 Å². The van der Waals surface area contributed by atoms with Crippen LogP contribution in [-0.4, -0.2) is 36.8 Å². The Labute approximate surface area is 127 Å². The second-order valence-electron chi connectivity index (χ2n) is 5.08. The standard InChI is InChI=1S/C14H19N3O5/c1-9(13-4-3-7-22-13)15-14(18)16-11-6-5-10(21-2)8-12(11)17(19)20/h5-6,8-9,13H,3-4,7H2,1-2H3,(H2,15,16,18)/t9-,13+/m0/s1. The topological polar surface area (TPSA) is 103 Å². The molecule has 0 radical (unpaired) electrons. The summed E-state index contributed by atoms with van der Waals surface area (Å²) in [6, 6.07) is 3.58. The highest BCUT2D eigenvalue weighted by molar-refractivity contribution is 5.92. The fourth-order valence-electron chi connectivity index (χ4n) is 2.35. The quantitative estimate of drug-likeness (QED) is 0.641. The van der Waals surface area contributed by atoms with Crippen LogP contribution in [0.5, 0.6) is 5.75 Å². The lowest BCUT2D eigenvalue weighted by molar-refractivity contribution is -0.384. The number of nitrogens with one attached hydrogen (secondary N) is 2. The number of anilines is 1. The van der Waals surface area contributed by atoms with Crippen molar-refractivity contribution in [2.45, 2.75) is 31.9 Å². The number of nitrogens with zero attached hydrogens (tertiary/aromatic N) is 1. The van der Waals surface area contributed by atoms with E-state index < -0.39 is 11.0 Å². The van der Waals surface area contributed by atoms with Gasteiger partial charge in [0, 0.05) is 6.61 Å². The molecule has 120 valence electrons. The first-order chi connectivity index (χ1) is 10.5. The molecule has 8 heteroatoms. The molecule has 0 aliphatic carbocycles. The van der Waals surface area contributed by atoms with Gasteiger partial charge in [0.15, 0.2) is 0 Å². The molecule has 1 aliphatic heterocycles. The number of hydrogen-bond acceptors (Lipinski definition) is 5. The minimum absolute atomic E-state index is 0.0170. The lowest BCUT2D eigenvalue weighted by Crippen LogP contribution is -2.43. The molecule has 0 unspecified atom stereocenters. The number of amides is 2. The van der Waals surface area contributed by atoms with E-state index in [4.69, 9.17) is 9.47 Å². The lowest BCUT2D eigenvalue weighted by Gasteiger charge is -2.20. The van der Waals surface area contributed by atoms with Crippen LogP contribution in [0.2, 0.25) is 0 Å².